The average Bonchev–Trinajstić information content (AvgIpc) is 2.55. The van der Waals surface area contributed by atoms with Gasteiger partial charge in [0.25, 0.3) is 0 Å². The van der Waals surface area contributed by atoms with Gasteiger partial charge in [-0.2, -0.15) is 0 Å². The highest BCUT2D eigenvalue weighted by Gasteiger charge is 2.41. The molecular weight excluding hydrogens is 308 g/mol. The van der Waals surface area contributed by atoms with Crippen LogP contribution < -0.4 is 0 Å². The van der Waals surface area contributed by atoms with E-state index in [0.29, 0.717) is 12.0 Å². The fourth-order valence-corrected chi connectivity index (χ4v) is 3.58. The quantitative estimate of drug-likeness (QED) is 0.661. The van der Waals surface area contributed by atoms with Gasteiger partial charge in [-0.15, -0.1) is 0 Å². The number of carbonyl (C=O) groups excluding carboxylic acids is 3. The summed E-state index contributed by atoms with van der Waals surface area (Å²) in [7, 11) is 0. The molecule has 0 saturated heterocycles. The number of hydrogen-bond acceptors (Lipinski definition) is 5. The average molecular weight is 322 g/mol. The molecule has 0 spiro atoms. The van der Waals surface area contributed by atoms with Crippen molar-refractivity contribution in [3.05, 3.63) is 63.7 Å². The number of hydrogen-bond donors (Lipinski definition) is 2. The van der Waals surface area contributed by atoms with Crippen LogP contribution in [0, 0.1) is 0 Å². The largest absolute Gasteiger partial charge is 0.507 e. The van der Waals surface area contributed by atoms with E-state index in [9.17, 15) is 24.6 Å². The molecule has 2 aliphatic rings. The molecule has 4 rings (SSSR count). The molecule has 120 valence electrons. The summed E-state index contributed by atoms with van der Waals surface area (Å²) in [4.78, 5) is 38.1. The fraction of sp³-hybridized carbons (Fsp3) is 0.211. The minimum absolute atomic E-state index is 0.00378. The van der Waals surface area contributed by atoms with Crippen LogP contribution in [0.2, 0.25) is 0 Å². The zero-order chi connectivity index (χ0) is 17.2. The molecule has 0 saturated carbocycles. The van der Waals surface area contributed by atoms with Crippen LogP contribution in [0.25, 0.3) is 0 Å². The smallest absolute Gasteiger partial charge is 0.198 e. The van der Waals surface area contributed by atoms with E-state index in [1.165, 1.54) is 37.3 Å². The summed E-state index contributed by atoms with van der Waals surface area (Å²) in [5, 5.41) is 20.1. The topological polar surface area (TPSA) is 91.7 Å². The van der Waals surface area contributed by atoms with Gasteiger partial charge in [0.1, 0.15) is 11.4 Å². The predicted octanol–water partition coefficient (Wildman–Crippen LogP) is 2.05. The van der Waals surface area contributed by atoms with Gasteiger partial charge in [-0.05, 0) is 37.5 Å². The number of phenolic OH excluding ortho intramolecular Hbond substituents is 1. The first-order valence-electron chi connectivity index (χ1n) is 7.67. The molecule has 2 aromatic rings. The molecule has 24 heavy (non-hydrogen) atoms. The van der Waals surface area contributed by atoms with E-state index < -0.39 is 17.2 Å². The Balaban J connectivity index is 2.00. The van der Waals surface area contributed by atoms with Crippen molar-refractivity contribution < 1.29 is 24.6 Å². The lowest BCUT2D eigenvalue weighted by Crippen LogP contribution is -2.40. The van der Waals surface area contributed by atoms with E-state index in [4.69, 9.17) is 0 Å². The van der Waals surface area contributed by atoms with Gasteiger partial charge in [0.15, 0.2) is 17.3 Å². The summed E-state index contributed by atoms with van der Waals surface area (Å²) < 4.78 is 0. The number of fused-ring (bicyclic) bond motifs is 4. The van der Waals surface area contributed by atoms with Gasteiger partial charge >= 0.3 is 0 Å². The van der Waals surface area contributed by atoms with Gasteiger partial charge in [0.05, 0.1) is 5.56 Å². The van der Waals surface area contributed by atoms with Crippen LogP contribution in [0.15, 0.2) is 30.3 Å². The minimum atomic E-state index is -1.46. The van der Waals surface area contributed by atoms with Crippen molar-refractivity contribution in [3.63, 3.8) is 0 Å². The summed E-state index contributed by atoms with van der Waals surface area (Å²) in [6.07, 6.45) is 0.536. The minimum Gasteiger partial charge on any atom is -0.507 e. The van der Waals surface area contributed by atoms with Gasteiger partial charge in [-0.1, -0.05) is 18.2 Å². The monoisotopic (exact) mass is 322 g/mol. The van der Waals surface area contributed by atoms with Crippen molar-refractivity contribution in [2.75, 3.05) is 0 Å². The van der Waals surface area contributed by atoms with Crippen LogP contribution in [-0.2, 0) is 6.42 Å². The van der Waals surface area contributed by atoms with Gasteiger partial charge < -0.3 is 10.2 Å². The molecule has 0 fully saturated rings. The molecule has 5 heteroatoms. The van der Waals surface area contributed by atoms with E-state index in [1.807, 2.05) is 0 Å². The number of carbonyl (C=O) groups is 3. The fourth-order valence-electron chi connectivity index (χ4n) is 3.58. The summed E-state index contributed by atoms with van der Waals surface area (Å²) >= 11 is 0. The lowest BCUT2D eigenvalue weighted by Gasteiger charge is -2.31. The number of ketones is 3. The molecule has 0 aliphatic heterocycles. The SMILES string of the molecule is C[C@]1(O)CCc2c(ccc3c2C(=O)c2cccc(O)c2C3=O)C1=O. The van der Waals surface area contributed by atoms with Gasteiger partial charge in [-0.25, -0.2) is 0 Å². The lowest BCUT2D eigenvalue weighted by molar-refractivity contribution is 0.0340. The Morgan fingerprint density at radius 3 is 2.29 bits per heavy atom. The predicted molar refractivity (Wildman–Crippen MR) is 84.7 cm³/mol. The van der Waals surface area contributed by atoms with Crippen LogP contribution in [0.1, 0.15) is 61.1 Å². The maximum Gasteiger partial charge on any atom is 0.198 e. The Labute approximate surface area is 137 Å². The normalized spacial score (nSPS) is 22.0. The summed E-state index contributed by atoms with van der Waals surface area (Å²) in [5.74, 6) is -1.46. The maximum atomic E-state index is 12.9. The highest BCUT2D eigenvalue weighted by atomic mass is 16.3. The van der Waals surface area contributed by atoms with E-state index >= 15 is 0 Å². The van der Waals surface area contributed by atoms with Crippen LogP contribution in [0.4, 0.5) is 0 Å². The highest BCUT2D eigenvalue weighted by molar-refractivity contribution is 6.30. The van der Waals surface area contributed by atoms with Crippen molar-refractivity contribution in [3.8, 4) is 5.75 Å². The van der Waals surface area contributed by atoms with Crippen molar-refractivity contribution in [1.29, 1.82) is 0 Å². The van der Waals surface area contributed by atoms with Crippen LogP contribution >= 0.6 is 0 Å². The molecule has 2 aliphatic carbocycles. The molecule has 2 aromatic carbocycles. The number of aliphatic hydroxyl groups is 1. The standard InChI is InChI=1S/C19H14O5/c1-19(24)8-7-9-10(18(19)23)5-6-12-14(9)16(21)11-3-2-4-13(20)15(11)17(12)22/h2-6,20,24H,7-8H2,1H3/t19-/m0/s1. The van der Waals surface area contributed by atoms with Gasteiger partial charge in [-0.3, -0.25) is 14.4 Å². The molecular formula is C19H14O5. The Hall–Kier alpha value is -2.79. The van der Waals surface area contributed by atoms with E-state index in [1.54, 1.807) is 0 Å². The second kappa shape index (κ2) is 4.61. The second-order valence-electron chi connectivity index (χ2n) is 6.48. The third-order valence-electron chi connectivity index (χ3n) is 4.89. The van der Waals surface area contributed by atoms with E-state index in [2.05, 4.69) is 0 Å². The number of benzene rings is 2. The summed E-state index contributed by atoms with van der Waals surface area (Å²) in [6.45, 7) is 1.46. The third-order valence-corrected chi connectivity index (χ3v) is 4.89. The molecule has 0 radical (unpaired) electrons. The number of rotatable bonds is 0. The molecule has 0 aromatic heterocycles. The molecule has 2 N–H and O–H groups in total. The molecule has 0 unspecified atom stereocenters. The molecule has 0 amide bonds. The Bertz CT molecular complexity index is 952. The van der Waals surface area contributed by atoms with E-state index in [-0.39, 0.29) is 45.8 Å². The zero-order valence-corrected chi connectivity index (χ0v) is 12.9. The van der Waals surface area contributed by atoms with Gasteiger partial charge in [0.2, 0.25) is 0 Å². The number of Topliss-reactive ketones (excluding diaryl/α,β-unsaturated/α-hetero) is 1. The van der Waals surface area contributed by atoms with Crippen molar-refractivity contribution >= 4 is 17.3 Å². The first-order valence-corrected chi connectivity index (χ1v) is 7.67. The second-order valence-corrected chi connectivity index (χ2v) is 6.48. The van der Waals surface area contributed by atoms with Gasteiger partial charge in [0, 0.05) is 22.3 Å². The zero-order valence-electron chi connectivity index (χ0n) is 12.9. The first kappa shape index (κ1) is 14.8. The van der Waals surface area contributed by atoms with Crippen LogP contribution in [0.3, 0.4) is 0 Å². The Morgan fingerprint density at radius 2 is 1.54 bits per heavy atom. The summed E-state index contributed by atoms with van der Waals surface area (Å²) in [6, 6.07) is 7.30. The molecule has 0 bridgehead atoms. The summed E-state index contributed by atoms with van der Waals surface area (Å²) in [5.41, 5.74) is -0.0958. The number of phenols is 1. The lowest BCUT2D eigenvalue weighted by atomic mass is 9.73. The van der Waals surface area contributed by atoms with Crippen LogP contribution in [0.5, 0.6) is 5.75 Å². The number of aromatic hydroxyl groups is 1. The Kier molecular flexibility index (Phi) is 2.84. The Morgan fingerprint density at radius 1 is 0.917 bits per heavy atom. The first-order chi connectivity index (χ1) is 11.3. The third kappa shape index (κ3) is 1.76. The van der Waals surface area contributed by atoms with Crippen LogP contribution in [-0.4, -0.2) is 33.2 Å². The van der Waals surface area contributed by atoms with E-state index in [0.717, 1.165) is 0 Å². The maximum absolute atomic E-state index is 12.9. The molecule has 1 atom stereocenters. The van der Waals surface area contributed by atoms with Crippen molar-refractivity contribution in [1.82, 2.24) is 0 Å². The molecule has 0 heterocycles. The van der Waals surface area contributed by atoms with Crippen molar-refractivity contribution in [2.24, 2.45) is 0 Å². The molecule has 5 nitrogen and oxygen atoms in total. The van der Waals surface area contributed by atoms with Crippen molar-refractivity contribution in [2.45, 2.75) is 25.4 Å². The highest BCUT2D eigenvalue weighted by Crippen LogP contribution is 2.38.